The van der Waals surface area contributed by atoms with E-state index in [0.717, 1.165) is 15.8 Å². The van der Waals surface area contributed by atoms with Crippen LogP contribution in [-0.4, -0.2) is 13.4 Å². The number of aromatic nitrogens is 1. The first-order chi connectivity index (χ1) is 10.1. The van der Waals surface area contributed by atoms with Gasteiger partial charge >= 0.3 is 0 Å². The van der Waals surface area contributed by atoms with Gasteiger partial charge in [-0.05, 0) is 18.4 Å². The molecule has 3 aromatic rings. The van der Waals surface area contributed by atoms with Crippen molar-refractivity contribution < 1.29 is 8.42 Å². The first-order valence-corrected chi connectivity index (χ1v) is 8.84. The largest absolute Gasteiger partial charge is 0.248 e. The van der Waals surface area contributed by atoms with Gasteiger partial charge in [0.1, 0.15) is 5.01 Å². The molecule has 3 rings (SSSR count). The molecular formula is C15H14N2O2S2. The summed E-state index contributed by atoms with van der Waals surface area (Å²) in [5.74, 6) is 0. The van der Waals surface area contributed by atoms with Gasteiger partial charge < -0.3 is 0 Å². The smallest absolute Gasteiger partial charge is 0.241 e. The van der Waals surface area contributed by atoms with Crippen molar-refractivity contribution in [2.45, 2.75) is 17.9 Å². The van der Waals surface area contributed by atoms with Gasteiger partial charge in [0.25, 0.3) is 0 Å². The molecule has 1 aromatic heterocycles. The second-order valence-electron chi connectivity index (χ2n) is 4.69. The zero-order valence-electron chi connectivity index (χ0n) is 11.4. The molecule has 0 aliphatic heterocycles. The molecule has 0 unspecified atom stereocenters. The van der Waals surface area contributed by atoms with Gasteiger partial charge in [0, 0.05) is 17.0 Å². The maximum absolute atomic E-state index is 12.6. The fourth-order valence-electron chi connectivity index (χ4n) is 2.22. The van der Waals surface area contributed by atoms with Crippen LogP contribution in [0.25, 0.3) is 10.8 Å². The van der Waals surface area contributed by atoms with Crippen molar-refractivity contribution in [1.29, 1.82) is 0 Å². The van der Waals surface area contributed by atoms with Gasteiger partial charge in [0.15, 0.2) is 0 Å². The van der Waals surface area contributed by atoms with E-state index in [1.807, 2.05) is 35.7 Å². The molecule has 0 aliphatic rings. The summed E-state index contributed by atoms with van der Waals surface area (Å²) in [6.45, 7) is 1.79. The summed E-state index contributed by atoms with van der Waals surface area (Å²) in [5.41, 5.74) is 0. The average molecular weight is 318 g/mol. The first-order valence-electron chi connectivity index (χ1n) is 6.47. The number of nitrogens with zero attached hydrogens (tertiary/aromatic N) is 1. The van der Waals surface area contributed by atoms with Gasteiger partial charge in [-0.25, -0.2) is 18.1 Å². The highest BCUT2D eigenvalue weighted by Crippen LogP contribution is 2.25. The maximum atomic E-state index is 12.6. The molecule has 1 N–H and O–H groups in total. The summed E-state index contributed by atoms with van der Waals surface area (Å²) < 4.78 is 27.9. The number of hydrogen-bond acceptors (Lipinski definition) is 4. The van der Waals surface area contributed by atoms with Crippen LogP contribution < -0.4 is 4.72 Å². The first kappa shape index (κ1) is 14.2. The molecule has 0 saturated carbocycles. The average Bonchev–Trinajstić information content (AvgIpc) is 3.00. The Kier molecular flexibility index (Phi) is 3.75. The highest BCUT2D eigenvalue weighted by atomic mass is 32.2. The molecule has 0 saturated heterocycles. The highest BCUT2D eigenvalue weighted by molar-refractivity contribution is 7.89. The lowest BCUT2D eigenvalue weighted by atomic mass is 10.1. The molecule has 21 heavy (non-hydrogen) atoms. The Morgan fingerprint density at radius 1 is 1.14 bits per heavy atom. The Hall–Kier alpha value is -1.76. The number of thiazole rings is 1. The Bertz CT molecular complexity index is 853. The second kappa shape index (κ2) is 5.55. The zero-order valence-corrected chi connectivity index (χ0v) is 13.0. The Morgan fingerprint density at radius 3 is 2.67 bits per heavy atom. The Labute approximate surface area is 127 Å². The number of sulfonamides is 1. The summed E-state index contributed by atoms with van der Waals surface area (Å²) >= 11 is 1.43. The lowest BCUT2D eigenvalue weighted by molar-refractivity contribution is 0.567. The van der Waals surface area contributed by atoms with Gasteiger partial charge in [-0.2, -0.15) is 0 Å². The summed E-state index contributed by atoms with van der Waals surface area (Å²) in [6.07, 6.45) is 1.67. The van der Waals surface area contributed by atoms with Crippen molar-refractivity contribution in [2.75, 3.05) is 0 Å². The molecule has 0 spiro atoms. The van der Waals surface area contributed by atoms with E-state index in [2.05, 4.69) is 9.71 Å². The lowest BCUT2D eigenvalue weighted by Crippen LogP contribution is -2.27. The Morgan fingerprint density at radius 2 is 1.90 bits per heavy atom. The molecule has 1 heterocycles. The van der Waals surface area contributed by atoms with E-state index in [9.17, 15) is 8.42 Å². The topological polar surface area (TPSA) is 59.1 Å². The third-order valence-electron chi connectivity index (χ3n) is 3.19. The van der Waals surface area contributed by atoms with Crippen LogP contribution in [0.15, 0.2) is 58.9 Å². The molecule has 4 nitrogen and oxygen atoms in total. The Balaban J connectivity index is 2.01. The van der Waals surface area contributed by atoms with Crippen molar-refractivity contribution in [1.82, 2.24) is 9.71 Å². The minimum atomic E-state index is -3.60. The van der Waals surface area contributed by atoms with Crippen LogP contribution in [0.3, 0.4) is 0 Å². The van der Waals surface area contributed by atoms with E-state index in [1.165, 1.54) is 11.3 Å². The quantitative estimate of drug-likeness (QED) is 0.802. The van der Waals surface area contributed by atoms with Crippen LogP contribution in [0.2, 0.25) is 0 Å². The number of hydrogen-bond donors (Lipinski definition) is 1. The molecule has 6 heteroatoms. The van der Waals surface area contributed by atoms with Gasteiger partial charge in [0.05, 0.1) is 10.9 Å². The van der Waals surface area contributed by atoms with Crippen LogP contribution in [0.4, 0.5) is 0 Å². The summed E-state index contributed by atoms with van der Waals surface area (Å²) in [4.78, 5) is 4.44. The van der Waals surface area contributed by atoms with E-state index in [4.69, 9.17) is 0 Å². The monoisotopic (exact) mass is 318 g/mol. The minimum Gasteiger partial charge on any atom is -0.248 e. The fourth-order valence-corrected chi connectivity index (χ4v) is 4.38. The summed E-state index contributed by atoms with van der Waals surface area (Å²) in [5, 5.41) is 4.21. The van der Waals surface area contributed by atoms with Gasteiger partial charge in [-0.15, -0.1) is 11.3 Å². The second-order valence-corrected chi connectivity index (χ2v) is 7.30. The third kappa shape index (κ3) is 2.83. The van der Waals surface area contributed by atoms with Crippen molar-refractivity contribution in [3.63, 3.8) is 0 Å². The molecule has 108 valence electrons. The highest BCUT2D eigenvalue weighted by Gasteiger charge is 2.21. The zero-order chi connectivity index (χ0) is 14.9. The molecule has 0 radical (unpaired) electrons. The summed E-state index contributed by atoms with van der Waals surface area (Å²) in [7, 11) is -3.60. The molecule has 2 aromatic carbocycles. The van der Waals surface area contributed by atoms with Crippen molar-refractivity contribution in [2.24, 2.45) is 0 Å². The molecule has 0 bridgehead atoms. The van der Waals surface area contributed by atoms with Crippen molar-refractivity contribution >= 4 is 32.1 Å². The third-order valence-corrected chi connectivity index (χ3v) is 5.75. The van der Waals surface area contributed by atoms with Crippen LogP contribution in [0.1, 0.15) is 18.0 Å². The minimum absolute atomic E-state index is 0.295. The van der Waals surface area contributed by atoms with E-state index in [1.54, 1.807) is 25.3 Å². The van der Waals surface area contributed by atoms with E-state index < -0.39 is 10.0 Å². The van der Waals surface area contributed by atoms with E-state index in [0.29, 0.717) is 4.90 Å². The lowest BCUT2D eigenvalue weighted by Gasteiger charge is -2.13. The molecule has 0 amide bonds. The maximum Gasteiger partial charge on any atom is 0.241 e. The number of nitrogens with one attached hydrogen (secondary N) is 1. The van der Waals surface area contributed by atoms with Crippen LogP contribution >= 0.6 is 11.3 Å². The molecule has 0 aliphatic carbocycles. The number of fused-ring (bicyclic) bond motifs is 1. The molecular weight excluding hydrogens is 304 g/mol. The molecule has 0 fully saturated rings. The number of benzene rings is 2. The van der Waals surface area contributed by atoms with Crippen LogP contribution in [-0.2, 0) is 10.0 Å². The SMILES string of the molecule is C[C@@H](NS(=O)(=O)c1cccc2ccccc12)c1nccs1. The van der Waals surface area contributed by atoms with Crippen LogP contribution in [0, 0.1) is 0 Å². The van der Waals surface area contributed by atoms with E-state index in [-0.39, 0.29) is 6.04 Å². The van der Waals surface area contributed by atoms with Gasteiger partial charge in [-0.1, -0.05) is 36.4 Å². The van der Waals surface area contributed by atoms with E-state index >= 15 is 0 Å². The van der Waals surface area contributed by atoms with Crippen LogP contribution in [0.5, 0.6) is 0 Å². The van der Waals surface area contributed by atoms with Crippen molar-refractivity contribution in [3.05, 3.63) is 59.0 Å². The van der Waals surface area contributed by atoms with Crippen molar-refractivity contribution in [3.8, 4) is 0 Å². The summed E-state index contributed by atoms with van der Waals surface area (Å²) in [6, 6.07) is 12.4. The normalized spacial score (nSPS) is 13.4. The van der Waals surface area contributed by atoms with Gasteiger partial charge in [0.2, 0.25) is 10.0 Å². The molecule has 1 atom stereocenters. The number of rotatable bonds is 4. The standard InChI is InChI=1S/C15H14N2O2S2/c1-11(15-16-9-10-20-15)17-21(18,19)14-8-4-6-12-5-2-3-7-13(12)14/h2-11,17H,1H3/t11-/m1/s1. The van der Waals surface area contributed by atoms with Gasteiger partial charge in [-0.3, -0.25) is 0 Å². The fraction of sp³-hybridized carbons (Fsp3) is 0.133. The predicted octanol–water partition coefficient (Wildman–Crippen LogP) is 3.34. The predicted molar refractivity (Wildman–Crippen MR) is 84.8 cm³/mol.